The van der Waals surface area contributed by atoms with Gasteiger partial charge in [-0.2, -0.15) is 5.26 Å². The molecule has 0 bridgehead atoms. The lowest BCUT2D eigenvalue weighted by molar-refractivity contribution is 0.270. The van der Waals surface area contributed by atoms with Crippen molar-refractivity contribution in [2.75, 3.05) is 18.5 Å². The van der Waals surface area contributed by atoms with Crippen LogP contribution in [-0.2, 0) is 0 Å². The number of nitrogens with zero attached hydrogens (tertiary/aromatic N) is 1. The van der Waals surface area contributed by atoms with Crippen molar-refractivity contribution >= 4 is 17.3 Å². The van der Waals surface area contributed by atoms with Crippen LogP contribution in [0.4, 0.5) is 5.69 Å². The van der Waals surface area contributed by atoms with Crippen LogP contribution in [0.25, 0.3) is 0 Å². The first-order valence-electron chi connectivity index (χ1n) is 6.93. The number of ether oxygens (including phenoxy) is 1. The summed E-state index contributed by atoms with van der Waals surface area (Å²) in [6.07, 6.45) is 0.984. The third-order valence-electron chi connectivity index (χ3n) is 3.72. The number of anilines is 1. The maximum atomic E-state index is 8.85. The van der Waals surface area contributed by atoms with E-state index in [9.17, 15) is 0 Å². The number of nitriles is 1. The monoisotopic (exact) mass is 298 g/mol. The molecule has 0 saturated carbocycles. The maximum Gasteiger partial charge on any atom is 0.122 e. The van der Waals surface area contributed by atoms with Crippen molar-refractivity contribution in [3.8, 4) is 11.8 Å². The number of benzene rings is 2. The summed E-state index contributed by atoms with van der Waals surface area (Å²) in [5.74, 6) is 1.38. The van der Waals surface area contributed by atoms with E-state index in [1.807, 2.05) is 24.3 Å². The normalized spacial score (nSPS) is 16.5. The second kappa shape index (κ2) is 6.07. The third kappa shape index (κ3) is 2.96. The molecule has 3 rings (SSSR count). The highest BCUT2D eigenvalue weighted by atomic mass is 35.5. The van der Waals surface area contributed by atoms with Crippen LogP contribution in [-0.4, -0.2) is 13.2 Å². The molecular weight excluding hydrogens is 284 g/mol. The number of para-hydroxylation sites is 1. The summed E-state index contributed by atoms with van der Waals surface area (Å²) in [6.45, 7) is 1.54. The predicted octanol–water partition coefficient (Wildman–Crippen LogP) is 4.19. The van der Waals surface area contributed by atoms with Crippen molar-refractivity contribution in [2.45, 2.75) is 12.3 Å². The van der Waals surface area contributed by atoms with Crippen LogP contribution in [0.3, 0.4) is 0 Å². The Morgan fingerprint density at radius 1 is 1.29 bits per heavy atom. The highest BCUT2D eigenvalue weighted by molar-refractivity contribution is 6.33. The summed E-state index contributed by atoms with van der Waals surface area (Å²) >= 11 is 6.19. The first kappa shape index (κ1) is 13.8. The maximum absolute atomic E-state index is 8.85. The van der Waals surface area contributed by atoms with Gasteiger partial charge in [0.1, 0.15) is 5.75 Å². The summed E-state index contributed by atoms with van der Waals surface area (Å²) in [5.41, 5.74) is 2.67. The van der Waals surface area contributed by atoms with Gasteiger partial charge in [0.05, 0.1) is 28.9 Å². The molecule has 1 atom stereocenters. The fraction of sp³-hybridized carbons (Fsp3) is 0.235. The molecule has 1 heterocycles. The highest BCUT2D eigenvalue weighted by Gasteiger charge is 2.20. The molecule has 2 aromatic rings. The number of nitrogens with one attached hydrogen (secondary N) is 1. The predicted molar refractivity (Wildman–Crippen MR) is 84.0 cm³/mol. The van der Waals surface area contributed by atoms with Crippen LogP contribution in [0.5, 0.6) is 5.75 Å². The van der Waals surface area contributed by atoms with E-state index in [2.05, 4.69) is 17.5 Å². The first-order valence-corrected chi connectivity index (χ1v) is 7.31. The Kier molecular flexibility index (Phi) is 3.98. The zero-order valence-electron chi connectivity index (χ0n) is 11.5. The van der Waals surface area contributed by atoms with E-state index in [0.29, 0.717) is 16.5 Å². The quantitative estimate of drug-likeness (QED) is 0.924. The van der Waals surface area contributed by atoms with E-state index in [1.54, 1.807) is 12.1 Å². The third-order valence-corrected chi connectivity index (χ3v) is 4.03. The molecule has 21 heavy (non-hydrogen) atoms. The Morgan fingerprint density at radius 3 is 2.95 bits per heavy atom. The standard InChI is InChI=1S/C17H15ClN2O/c18-15-9-12(10-19)5-6-16(15)20-11-13-7-8-21-17-4-2-1-3-14(13)17/h1-6,9,13,20H,7-8,11H2. The van der Waals surface area contributed by atoms with E-state index in [4.69, 9.17) is 21.6 Å². The molecule has 0 aliphatic carbocycles. The van der Waals surface area contributed by atoms with Crippen LogP contribution in [0.2, 0.25) is 5.02 Å². The van der Waals surface area contributed by atoms with Gasteiger partial charge in [0.25, 0.3) is 0 Å². The summed E-state index contributed by atoms with van der Waals surface area (Å²) in [7, 11) is 0. The lowest BCUT2D eigenvalue weighted by Gasteiger charge is -2.26. The Morgan fingerprint density at radius 2 is 2.14 bits per heavy atom. The zero-order chi connectivity index (χ0) is 14.7. The van der Waals surface area contributed by atoms with E-state index in [-0.39, 0.29) is 0 Å². The number of hydrogen-bond donors (Lipinski definition) is 1. The van der Waals surface area contributed by atoms with Gasteiger partial charge in [-0.1, -0.05) is 29.8 Å². The van der Waals surface area contributed by atoms with Gasteiger partial charge in [-0.05, 0) is 36.2 Å². The van der Waals surface area contributed by atoms with Gasteiger partial charge in [-0.25, -0.2) is 0 Å². The summed E-state index contributed by atoms with van der Waals surface area (Å²) in [4.78, 5) is 0. The van der Waals surface area contributed by atoms with Crippen LogP contribution in [0, 0.1) is 11.3 Å². The van der Waals surface area contributed by atoms with Gasteiger partial charge in [0, 0.05) is 12.5 Å². The van der Waals surface area contributed by atoms with E-state index in [0.717, 1.165) is 31.0 Å². The fourth-order valence-electron chi connectivity index (χ4n) is 2.59. The molecular formula is C17H15ClN2O. The molecule has 0 aromatic heterocycles. The Labute approximate surface area is 129 Å². The first-order chi connectivity index (χ1) is 10.3. The smallest absolute Gasteiger partial charge is 0.122 e. The minimum absolute atomic E-state index is 0.404. The summed E-state index contributed by atoms with van der Waals surface area (Å²) in [6, 6.07) is 15.5. The molecule has 2 aromatic carbocycles. The average Bonchev–Trinajstić information content (AvgIpc) is 2.53. The topological polar surface area (TPSA) is 45.0 Å². The Balaban J connectivity index is 1.73. The average molecular weight is 299 g/mol. The van der Waals surface area contributed by atoms with Crippen LogP contribution >= 0.6 is 11.6 Å². The zero-order valence-corrected chi connectivity index (χ0v) is 12.2. The van der Waals surface area contributed by atoms with E-state index < -0.39 is 0 Å². The van der Waals surface area contributed by atoms with Crippen molar-refractivity contribution in [1.29, 1.82) is 5.26 Å². The van der Waals surface area contributed by atoms with Gasteiger partial charge < -0.3 is 10.1 Å². The SMILES string of the molecule is N#Cc1ccc(NCC2CCOc3ccccc32)c(Cl)c1. The molecule has 1 unspecified atom stereocenters. The largest absolute Gasteiger partial charge is 0.493 e. The minimum atomic E-state index is 0.404. The molecule has 0 spiro atoms. The van der Waals surface area contributed by atoms with Crippen molar-refractivity contribution in [3.63, 3.8) is 0 Å². The van der Waals surface area contributed by atoms with Gasteiger partial charge in [0.15, 0.2) is 0 Å². The lowest BCUT2D eigenvalue weighted by Crippen LogP contribution is -2.20. The second-order valence-corrected chi connectivity index (χ2v) is 5.47. The lowest BCUT2D eigenvalue weighted by atomic mass is 9.93. The number of halogens is 1. The summed E-state index contributed by atoms with van der Waals surface area (Å²) < 4.78 is 5.67. The molecule has 1 aliphatic heterocycles. The molecule has 1 aliphatic rings. The molecule has 106 valence electrons. The van der Waals surface area contributed by atoms with Crippen LogP contribution in [0.1, 0.15) is 23.5 Å². The van der Waals surface area contributed by atoms with Gasteiger partial charge in [0.2, 0.25) is 0 Å². The van der Waals surface area contributed by atoms with Crippen LogP contribution < -0.4 is 10.1 Å². The number of rotatable bonds is 3. The van der Waals surface area contributed by atoms with Crippen molar-refractivity contribution in [1.82, 2.24) is 0 Å². The molecule has 0 saturated heterocycles. The molecule has 0 amide bonds. The van der Waals surface area contributed by atoms with Crippen molar-refractivity contribution < 1.29 is 4.74 Å². The van der Waals surface area contributed by atoms with E-state index in [1.165, 1.54) is 5.56 Å². The minimum Gasteiger partial charge on any atom is -0.493 e. The molecule has 3 nitrogen and oxygen atoms in total. The molecule has 0 radical (unpaired) electrons. The van der Waals surface area contributed by atoms with Crippen LogP contribution in [0.15, 0.2) is 42.5 Å². The van der Waals surface area contributed by atoms with Gasteiger partial charge in [-0.3, -0.25) is 0 Å². The molecule has 4 heteroatoms. The van der Waals surface area contributed by atoms with Gasteiger partial charge >= 0.3 is 0 Å². The molecule has 1 N–H and O–H groups in total. The van der Waals surface area contributed by atoms with Crippen molar-refractivity contribution in [3.05, 3.63) is 58.6 Å². The molecule has 0 fully saturated rings. The Bertz CT molecular complexity index is 693. The van der Waals surface area contributed by atoms with Crippen molar-refractivity contribution in [2.24, 2.45) is 0 Å². The van der Waals surface area contributed by atoms with E-state index >= 15 is 0 Å². The number of fused-ring (bicyclic) bond motifs is 1. The Hall–Kier alpha value is -2.18. The number of hydrogen-bond acceptors (Lipinski definition) is 3. The fourth-order valence-corrected chi connectivity index (χ4v) is 2.84. The second-order valence-electron chi connectivity index (χ2n) is 5.06. The van der Waals surface area contributed by atoms with Gasteiger partial charge in [-0.15, -0.1) is 0 Å². The highest BCUT2D eigenvalue weighted by Crippen LogP contribution is 2.34. The summed E-state index contributed by atoms with van der Waals surface area (Å²) in [5, 5.41) is 12.8.